The summed E-state index contributed by atoms with van der Waals surface area (Å²) in [5.74, 6) is 0.592. The van der Waals surface area contributed by atoms with Crippen molar-refractivity contribution in [3.8, 4) is 0 Å². The monoisotopic (exact) mass is 502 g/mol. The molecule has 0 aliphatic rings. The van der Waals surface area contributed by atoms with E-state index in [4.69, 9.17) is 5.73 Å². The lowest BCUT2D eigenvalue weighted by Gasteiger charge is -2.24. The van der Waals surface area contributed by atoms with Gasteiger partial charge in [0, 0.05) is 26.7 Å². The van der Waals surface area contributed by atoms with Crippen molar-refractivity contribution in [3.63, 3.8) is 0 Å². The van der Waals surface area contributed by atoms with Crippen molar-refractivity contribution in [2.45, 2.75) is 48.9 Å². The molecular formula is C27H30N6O2S. The van der Waals surface area contributed by atoms with E-state index in [-0.39, 0.29) is 18.4 Å². The third-order valence-corrected chi connectivity index (χ3v) is 6.64. The van der Waals surface area contributed by atoms with Crippen LogP contribution in [0.4, 0.5) is 17.2 Å². The van der Waals surface area contributed by atoms with Gasteiger partial charge in [-0.15, -0.1) is 0 Å². The number of aliphatic hydroxyl groups is 1. The zero-order valence-electron chi connectivity index (χ0n) is 20.7. The van der Waals surface area contributed by atoms with Crippen LogP contribution < -0.4 is 16.4 Å². The number of aliphatic hydroxyl groups excluding tert-OH is 1. The number of hydrogen-bond donors (Lipinski definition) is 4. The van der Waals surface area contributed by atoms with Gasteiger partial charge in [0.15, 0.2) is 5.65 Å². The van der Waals surface area contributed by atoms with Crippen LogP contribution in [0.2, 0.25) is 0 Å². The molecule has 2 heterocycles. The summed E-state index contributed by atoms with van der Waals surface area (Å²) >= 11 is 1.54. The number of amides is 1. The number of anilines is 3. The molecule has 0 spiro atoms. The van der Waals surface area contributed by atoms with Gasteiger partial charge >= 0.3 is 0 Å². The van der Waals surface area contributed by atoms with Crippen LogP contribution in [0.5, 0.6) is 0 Å². The smallest absolute Gasteiger partial charge is 0.251 e. The van der Waals surface area contributed by atoms with Crippen LogP contribution in [0.15, 0.2) is 70.7 Å². The molecule has 5 N–H and O–H groups in total. The van der Waals surface area contributed by atoms with E-state index in [1.165, 1.54) is 6.33 Å². The van der Waals surface area contributed by atoms with Gasteiger partial charge in [0.2, 0.25) is 0 Å². The Kier molecular flexibility index (Phi) is 7.42. The van der Waals surface area contributed by atoms with Gasteiger partial charge in [-0.25, -0.2) is 15.0 Å². The quantitative estimate of drug-likeness (QED) is 0.244. The molecule has 0 atom stereocenters. The molecule has 4 aromatic rings. The van der Waals surface area contributed by atoms with Gasteiger partial charge in [-0.1, -0.05) is 25.6 Å². The van der Waals surface area contributed by atoms with Gasteiger partial charge < -0.3 is 21.5 Å². The van der Waals surface area contributed by atoms with E-state index in [9.17, 15) is 9.90 Å². The first-order chi connectivity index (χ1) is 17.1. The number of nitrogens with two attached hydrogens (primary N) is 1. The van der Waals surface area contributed by atoms with Crippen molar-refractivity contribution in [2.24, 2.45) is 0 Å². The maximum atomic E-state index is 12.9. The van der Waals surface area contributed by atoms with Crippen LogP contribution in [0.25, 0.3) is 11.0 Å². The predicted octanol–water partition coefficient (Wildman–Crippen LogP) is 5.13. The molecule has 186 valence electrons. The molecule has 2 aromatic heterocycles. The van der Waals surface area contributed by atoms with Crippen LogP contribution in [0.3, 0.4) is 0 Å². The van der Waals surface area contributed by atoms with Crippen LogP contribution in [0, 0.1) is 0 Å². The summed E-state index contributed by atoms with van der Waals surface area (Å²) in [7, 11) is 0. The number of pyridine rings is 1. The molecule has 0 fully saturated rings. The summed E-state index contributed by atoms with van der Waals surface area (Å²) in [5.41, 5.74) is 8.51. The number of carbonyl (C=O) groups is 1. The largest absolute Gasteiger partial charge is 0.399 e. The minimum atomic E-state index is -0.745. The van der Waals surface area contributed by atoms with Crippen LogP contribution in [-0.4, -0.2) is 38.1 Å². The van der Waals surface area contributed by atoms with E-state index < -0.39 is 5.54 Å². The fraction of sp³-hybridized carbons (Fsp3) is 0.259. The molecular weight excluding hydrogens is 472 g/mol. The van der Waals surface area contributed by atoms with Gasteiger partial charge in [0.25, 0.3) is 5.91 Å². The number of rotatable bonds is 8. The topological polar surface area (TPSA) is 126 Å². The Morgan fingerprint density at radius 1 is 1.08 bits per heavy atom. The molecule has 0 aliphatic carbocycles. The summed E-state index contributed by atoms with van der Waals surface area (Å²) in [6.45, 7) is 7.53. The normalized spacial score (nSPS) is 11.6. The molecule has 9 heteroatoms. The van der Waals surface area contributed by atoms with Gasteiger partial charge in [-0.3, -0.25) is 4.79 Å². The van der Waals surface area contributed by atoms with E-state index in [0.717, 1.165) is 20.9 Å². The van der Waals surface area contributed by atoms with Crippen molar-refractivity contribution in [2.75, 3.05) is 17.7 Å². The van der Waals surface area contributed by atoms with Crippen molar-refractivity contribution >= 4 is 45.9 Å². The lowest BCUT2D eigenvalue weighted by molar-refractivity contribution is 0.0869. The second kappa shape index (κ2) is 10.5. The van der Waals surface area contributed by atoms with Crippen LogP contribution in [-0.2, 0) is 0 Å². The number of carbonyl (C=O) groups excluding carboxylic acids is 1. The average Bonchev–Trinajstić information content (AvgIpc) is 2.86. The fourth-order valence-electron chi connectivity index (χ4n) is 3.45. The zero-order valence-corrected chi connectivity index (χ0v) is 21.6. The minimum absolute atomic E-state index is 0.173. The van der Waals surface area contributed by atoms with Gasteiger partial charge in [-0.2, -0.15) is 0 Å². The highest BCUT2D eigenvalue weighted by atomic mass is 32.2. The standard InChI is InChI=1S/C27H30N6O2S/c1-16(2)21-11-10-20-24(31-21)29-15-30-25(20)32-22-13-17(26(35)33-27(3,4)14-34)5-12-23(22)36-19-8-6-18(28)7-9-19/h5-13,15-16,34H,14,28H2,1-4H3,(H,33,35)(H,29,30,31,32). The Morgan fingerprint density at radius 3 is 2.53 bits per heavy atom. The Bertz CT molecular complexity index is 1390. The molecule has 0 saturated carbocycles. The van der Waals surface area contributed by atoms with E-state index in [2.05, 4.69) is 39.4 Å². The molecule has 2 aromatic carbocycles. The summed E-state index contributed by atoms with van der Waals surface area (Å²) in [6.07, 6.45) is 1.48. The Hall–Kier alpha value is -3.69. The molecule has 0 saturated heterocycles. The summed E-state index contributed by atoms with van der Waals surface area (Å²) < 4.78 is 0. The predicted molar refractivity (Wildman–Crippen MR) is 145 cm³/mol. The highest BCUT2D eigenvalue weighted by Crippen LogP contribution is 2.36. The average molecular weight is 503 g/mol. The number of nitrogen functional groups attached to an aromatic ring is 1. The third kappa shape index (κ3) is 5.92. The van der Waals surface area contributed by atoms with E-state index in [1.807, 2.05) is 42.5 Å². The second-order valence-electron chi connectivity index (χ2n) is 9.49. The summed E-state index contributed by atoms with van der Waals surface area (Å²) in [4.78, 5) is 28.3. The van der Waals surface area contributed by atoms with Crippen molar-refractivity contribution in [3.05, 3.63) is 72.2 Å². The summed E-state index contributed by atoms with van der Waals surface area (Å²) in [5, 5.41) is 16.6. The second-order valence-corrected chi connectivity index (χ2v) is 10.6. The van der Waals surface area contributed by atoms with Crippen molar-refractivity contribution < 1.29 is 9.90 Å². The molecule has 1 amide bonds. The van der Waals surface area contributed by atoms with E-state index in [1.54, 1.807) is 37.7 Å². The minimum Gasteiger partial charge on any atom is -0.399 e. The van der Waals surface area contributed by atoms with Crippen LogP contribution >= 0.6 is 11.8 Å². The van der Waals surface area contributed by atoms with Gasteiger partial charge in [-0.05, 0) is 74.4 Å². The van der Waals surface area contributed by atoms with Gasteiger partial charge in [0.05, 0.1) is 23.2 Å². The lowest BCUT2D eigenvalue weighted by atomic mass is 10.1. The van der Waals surface area contributed by atoms with Crippen LogP contribution in [0.1, 0.15) is 49.7 Å². The Labute approximate surface area is 214 Å². The maximum Gasteiger partial charge on any atom is 0.251 e. The molecule has 0 unspecified atom stereocenters. The molecule has 8 nitrogen and oxygen atoms in total. The number of aromatic nitrogens is 3. The number of nitrogens with zero attached hydrogens (tertiary/aromatic N) is 3. The maximum absolute atomic E-state index is 12.9. The SMILES string of the molecule is CC(C)c1ccc2c(Nc3cc(C(=O)NC(C)(C)CO)ccc3Sc3ccc(N)cc3)ncnc2n1. The van der Waals surface area contributed by atoms with Gasteiger partial charge in [0.1, 0.15) is 12.1 Å². The molecule has 4 rings (SSSR count). The van der Waals surface area contributed by atoms with E-state index >= 15 is 0 Å². The summed E-state index contributed by atoms with van der Waals surface area (Å²) in [6, 6.07) is 17.0. The molecule has 36 heavy (non-hydrogen) atoms. The number of hydrogen-bond acceptors (Lipinski definition) is 8. The first kappa shape index (κ1) is 25.4. The molecule has 0 radical (unpaired) electrons. The first-order valence-electron chi connectivity index (χ1n) is 11.6. The highest BCUT2D eigenvalue weighted by molar-refractivity contribution is 7.99. The number of benzene rings is 2. The van der Waals surface area contributed by atoms with E-state index in [0.29, 0.717) is 28.4 Å². The first-order valence-corrected chi connectivity index (χ1v) is 12.5. The van der Waals surface area contributed by atoms with Crippen molar-refractivity contribution in [1.29, 1.82) is 0 Å². The number of nitrogens with one attached hydrogen (secondary N) is 2. The number of fused-ring (bicyclic) bond motifs is 1. The third-order valence-electron chi connectivity index (χ3n) is 5.56. The highest BCUT2D eigenvalue weighted by Gasteiger charge is 2.21. The molecule has 0 aliphatic heterocycles. The zero-order chi connectivity index (χ0) is 25.9. The Morgan fingerprint density at radius 2 is 1.83 bits per heavy atom. The van der Waals surface area contributed by atoms with Crippen molar-refractivity contribution in [1.82, 2.24) is 20.3 Å². The lowest BCUT2D eigenvalue weighted by Crippen LogP contribution is -2.46. The fourth-order valence-corrected chi connectivity index (χ4v) is 4.33. The molecule has 0 bridgehead atoms. The Balaban J connectivity index is 1.74.